The number of halogens is 2. The molecule has 1 amide bonds. The maximum atomic E-state index is 12.0. The van der Waals surface area contributed by atoms with E-state index >= 15 is 0 Å². The van der Waals surface area contributed by atoms with Gasteiger partial charge in [0.05, 0.1) is 0 Å². The van der Waals surface area contributed by atoms with Crippen molar-refractivity contribution in [2.75, 3.05) is 11.9 Å². The second kappa shape index (κ2) is 6.55. The van der Waals surface area contributed by atoms with Crippen LogP contribution in [0.4, 0.5) is 5.69 Å². The van der Waals surface area contributed by atoms with Gasteiger partial charge in [-0.25, -0.2) is 0 Å². The van der Waals surface area contributed by atoms with Crippen LogP contribution in [-0.4, -0.2) is 27.7 Å². The van der Waals surface area contributed by atoms with Crippen LogP contribution in [0.15, 0.2) is 40.9 Å². The molecule has 3 rings (SSSR count). The first kappa shape index (κ1) is 15.8. The van der Waals surface area contributed by atoms with Crippen LogP contribution in [-0.2, 0) is 4.79 Å². The van der Waals surface area contributed by atoms with Crippen LogP contribution in [0.25, 0.3) is 11.0 Å². The predicted molar refractivity (Wildman–Crippen MR) is 91.5 cm³/mol. The van der Waals surface area contributed by atoms with Crippen molar-refractivity contribution >= 4 is 50.2 Å². The minimum atomic E-state index is -0.294. The molecular weight excluding hydrogens is 384 g/mol. The van der Waals surface area contributed by atoms with Gasteiger partial charge in [-0.3, -0.25) is 4.79 Å². The fourth-order valence-corrected chi connectivity index (χ4v) is 2.42. The molecule has 3 aromatic rings. The second-order valence-corrected chi connectivity index (χ2v) is 6.17. The quantitative estimate of drug-likeness (QED) is 0.736. The standard InChI is InChI=1S/C15H12BrClN4O2/c1-9-6-11(3-4-12(9)16)18-15(22)8-23-21-14-7-10(17)2-5-13(14)19-20-21/h2-7H,8H2,1H3,(H,18,22). The third-order valence-corrected chi connectivity index (χ3v) is 4.26. The zero-order valence-corrected chi connectivity index (χ0v) is 14.4. The van der Waals surface area contributed by atoms with E-state index in [0.29, 0.717) is 21.7 Å². The Hall–Kier alpha value is -2.12. The summed E-state index contributed by atoms with van der Waals surface area (Å²) >= 11 is 9.35. The van der Waals surface area contributed by atoms with Crippen LogP contribution < -0.4 is 10.2 Å². The number of nitrogens with zero attached hydrogens (tertiary/aromatic N) is 3. The Morgan fingerprint density at radius 3 is 2.96 bits per heavy atom. The Morgan fingerprint density at radius 1 is 1.35 bits per heavy atom. The molecular formula is C15H12BrClN4O2. The first-order valence-electron chi connectivity index (χ1n) is 6.73. The van der Waals surface area contributed by atoms with Gasteiger partial charge in [-0.05, 0) is 54.1 Å². The van der Waals surface area contributed by atoms with E-state index in [2.05, 4.69) is 31.6 Å². The summed E-state index contributed by atoms with van der Waals surface area (Å²) in [5.74, 6) is -0.294. The number of carbonyl (C=O) groups excluding carboxylic acids is 1. The van der Waals surface area contributed by atoms with Crippen molar-refractivity contribution in [3.8, 4) is 0 Å². The molecule has 0 radical (unpaired) electrons. The molecule has 0 aliphatic carbocycles. The van der Waals surface area contributed by atoms with Crippen LogP contribution >= 0.6 is 27.5 Å². The van der Waals surface area contributed by atoms with Gasteiger partial charge in [0.25, 0.3) is 5.91 Å². The number of amides is 1. The van der Waals surface area contributed by atoms with E-state index in [1.165, 1.54) is 4.85 Å². The number of fused-ring (bicyclic) bond motifs is 1. The molecule has 118 valence electrons. The first-order valence-corrected chi connectivity index (χ1v) is 7.90. The average molecular weight is 396 g/mol. The van der Waals surface area contributed by atoms with Gasteiger partial charge in [0.1, 0.15) is 11.0 Å². The summed E-state index contributed by atoms with van der Waals surface area (Å²) in [6.45, 7) is 1.75. The molecule has 0 unspecified atom stereocenters. The lowest BCUT2D eigenvalue weighted by atomic mass is 10.2. The Kier molecular flexibility index (Phi) is 4.49. The van der Waals surface area contributed by atoms with Gasteiger partial charge in [-0.1, -0.05) is 32.4 Å². The normalized spacial score (nSPS) is 10.7. The summed E-state index contributed by atoms with van der Waals surface area (Å²) in [5, 5.41) is 11.1. The number of rotatable bonds is 4. The van der Waals surface area contributed by atoms with E-state index in [0.717, 1.165) is 10.0 Å². The van der Waals surface area contributed by atoms with E-state index < -0.39 is 0 Å². The molecule has 0 atom stereocenters. The van der Waals surface area contributed by atoms with E-state index in [1.807, 2.05) is 19.1 Å². The fraction of sp³-hybridized carbons (Fsp3) is 0.133. The summed E-state index contributed by atoms with van der Waals surface area (Å²) in [6.07, 6.45) is 0. The Labute approximate surface area is 145 Å². The molecule has 2 aromatic carbocycles. The predicted octanol–water partition coefficient (Wildman–Crippen LogP) is 3.22. The molecule has 0 saturated heterocycles. The first-order chi connectivity index (χ1) is 11.0. The summed E-state index contributed by atoms with van der Waals surface area (Å²) in [6, 6.07) is 10.7. The zero-order valence-electron chi connectivity index (χ0n) is 12.1. The fourth-order valence-electron chi connectivity index (χ4n) is 2.01. The van der Waals surface area contributed by atoms with Crippen LogP contribution in [0.3, 0.4) is 0 Å². The molecule has 0 aliphatic rings. The topological polar surface area (TPSA) is 69.0 Å². The van der Waals surface area contributed by atoms with Crippen molar-refractivity contribution in [2.24, 2.45) is 0 Å². The minimum Gasteiger partial charge on any atom is -0.385 e. The number of anilines is 1. The van der Waals surface area contributed by atoms with Crippen LogP contribution in [0, 0.1) is 6.92 Å². The maximum Gasteiger partial charge on any atom is 0.265 e. The van der Waals surface area contributed by atoms with Gasteiger partial charge in [0, 0.05) is 15.2 Å². The van der Waals surface area contributed by atoms with Crippen molar-refractivity contribution < 1.29 is 9.63 Å². The van der Waals surface area contributed by atoms with Crippen molar-refractivity contribution in [1.82, 2.24) is 15.2 Å². The smallest absolute Gasteiger partial charge is 0.265 e. The van der Waals surface area contributed by atoms with Gasteiger partial charge < -0.3 is 10.2 Å². The van der Waals surface area contributed by atoms with E-state index in [1.54, 1.807) is 24.3 Å². The number of hydrogen-bond donors (Lipinski definition) is 1. The summed E-state index contributed by atoms with van der Waals surface area (Å²) in [4.78, 5) is 18.5. The highest BCUT2D eigenvalue weighted by Crippen LogP contribution is 2.20. The van der Waals surface area contributed by atoms with Crippen molar-refractivity contribution in [3.63, 3.8) is 0 Å². The molecule has 1 N–H and O–H groups in total. The zero-order chi connectivity index (χ0) is 16.4. The SMILES string of the molecule is Cc1cc(NC(=O)COn2nnc3ccc(Cl)cc32)ccc1Br. The van der Waals surface area contributed by atoms with Crippen LogP contribution in [0.1, 0.15) is 5.56 Å². The van der Waals surface area contributed by atoms with Gasteiger partial charge in [0.15, 0.2) is 6.61 Å². The lowest BCUT2D eigenvalue weighted by Crippen LogP contribution is -2.26. The molecule has 0 aliphatic heterocycles. The van der Waals surface area contributed by atoms with Crippen molar-refractivity contribution in [3.05, 3.63) is 51.5 Å². The number of aryl methyl sites for hydroxylation is 1. The molecule has 0 bridgehead atoms. The van der Waals surface area contributed by atoms with Crippen molar-refractivity contribution in [1.29, 1.82) is 0 Å². The average Bonchev–Trinajstić information content (AvgIpc) is 2.91. The van der Waals surface area contributed by atoms with Gasteiger partial charge in [0.2, 0.25) is 0 Å². The van der Waals surface area contributed by atoms with Crippen LogP contribution in [0.5, 0.6) is 0 Å². The monoisotopic (exact) mass is 394 g/mol. The minimum absolute atomic E-state index is 0.194. The second-order valence-electron chi connectivity index (χ2n) is 4.88. The molecule has 8 heteroatoms. The van der Waals surface area contributed by atoms with Crippen molar-refractivity contribution in [2.45, 2.75) is 6.92 Å². The number of hydrogen-bond acceptors (Lipinski definition) is 4. The van der Waals surface area contributed by atoms with Crippen LogP contribution in [0.2, 0.25) is 5.02 Å². The number of nitrogens with one attached hydrogen (secondary N) is 1. The van der Waals surface area contributed by atoms with Gasteiger partial charge in [-0.15, -0.1) is 5.10 Å². The van der Waals surface area contributed by atoms with Gasteiger partial charge in [-0.2, -0.15) is 0 Å². The van der Waals surface area contributed by atoms with E-state index in [4.69, 9.17) is 16.4 Å². The highest BCUT2D eigenvalue weighted by Gasteiger charge is 2.09. The molecule has 0 spiro atoms. The molecule has 23 heavy (non-hydrogen) atoms. The largest absolute Gasteiger partial charge is 0.385 e. The summed E-state index contributed by atoms with van der Waals surface area (Å²) in [5.41, 5.74) is 2.97. The lowest BCUT2D eigenvalue weighted by molar-refractivity contribution is -0.121. The molecule has 6 nitrogen and oxygen atoms in total. The maximum absolute atomic E-state index is 12.0. The number of carbonyl (C=O) groups is 1. The Balaban J connectivity index is 1.66. The summed E-state index contributed by atoms with van der Waals surface area (Å²) < 4.78 is 0.984. The molecule has 0 fully saturated rings. The van der Waals surface area contributed by atoms with E-state index in [9.17, 15) is 4.79 Å². The number of benzene rings is 2. The molecule has 1 heterocycles. The Morgan fingerprint density at radius 2 is 2.17 bits per heavy atom. The molecule has 0 saturated carbocycles. The Bertz CT molecular complexity index is 881. The summed E-state index contributed by atoms with van der Waals surface area (Å²) in [7, 11) is 0. The van der Waals surface area contributed by atoms with Gasteiger partial charge >= 0.3 is 0 Å². The number of aromatic nitrogens is 3. The third-order valence-electron chi connectivity index (χ3n) is 3.14. The lowest BCUT2D eigenvalue weighted by Gasteiger charge is -2.08. The highest BCUT2D eigenvalue weighted by atomic mass is 79.9. The highest BCUT2D eigenvalue weighted by molar-refractivity contribution is 9.10. The third kappa shape index (κ3) is 3.62. The molecule has 1 aromatic heterocycles. The van der Waals surface area contributed by atoms with E-state index in [-0.39, 0.29) is 12.5 Å².